The number of nitrogens with zero attached hydrogens (tertiary/aromatic N) is 2. The summed E-state index contributed by atoms with van der Waals surface area (Å²) in [5.41, 5.74) is 3.59. The summed E-state index contributed by atoms with van der Waals surface area (Å²) in [5, 5.41) is 0. The molecule has 4 heteroatoms. The van der Waals surface area contributed by atoms with Crippen LogP contribution in [0.4, 0.5) is 0 Å². The van der Waals surface area contributed by atoms with E-state index in [9.17, 15) is 4.79 Å². The largest absolute Gasteiger partial charge is 0.384 e. The number of hydrogen-bond acceptors (Lipinski definition) is 3. The van der Waals surface area contributed by atoms with Crippen LogP contribution in [0, 0.1) is 5.41 Å². The molecule has 2 aliphatic rings. The van der Waals surface area contributed by atoms with Crippen molar-refractivity contribution < 1.29 is 9.53 Å². The molecule has 0 N–H and O–H groups in total. The van der Waals surface area contributed by atoms with E-state index in [1.54, 1.807) is 7.11 Å². The summed E-state index contributed by atoms with van der Waals surface area (Å²) in [5.74, 6) is 0.215. The highest BCUT2D eigenvalue weighted by atomic mass is 16.5. The molecule has 1 aromatic carbocycles. The van der Waals surface area contributed by atoms with E-state index in [1.165, 1.54) is 56.4 Å². The number of ether oxygens (including phenoxy) is 1. The first-order valence-electron chi connectivity index (χ1n) is 11.9. The van der Waals surface area contributed by atoms with E-state index in [0.717, 1.165) is 13.0 Å². The average Bonchev–Trinajstić information content (AvgIpc) is 2.73. The molecule has 168 valence electrons. The van der Waals surface area contributed by atoms with Crippen molar-refractivity contribution in [1.82, 2.24) is 9.80 Å². The van der Waals surface area contributed by atoms with Gasteiger partial charge in [-0.3, -0.25) is 4.79 Å². The van der Waals surface area contributed by atoms with Crippen molar-refractivity contribution in [3.63, 3.8) is 0 Å². The van der Waals surface area contributed by atoms with Crippen LogP contribution >= 0.6 is 0 Å². The van der Waals surface area contributed by atoms with Crippen LogP contribution in [0.5, 0.6) is 0 Å². The lowest BCUT2D eigenvalue weighted by atomic mass is 9.63. The second-order valence-corrected chi connectivity index (χ2v) is 10.5. The van der Waals surface area contributed by atoms with E-state index < -0.39 is 0 Å². The third-order valence-electron chi connectivity index (χ3n) is 7.34. The first-order chi connectivity index (χ1) is 14.3. The Balaban J connectivity index is 1.75. The van der Waals surface area contributed by atoms with Gasteiger partial charge in [-0.2, -0.15) is 0 Å². The van der Waals surface area contributed by atoms with Gasteiger partial charge < -0.3 is 14.5 Å². The predicted molar refractivity (Wildman–Crippen MR) is 124 cm³/mol. The molecule has 1 spiro atoms. The summed E-state index contributed by atoms with van der Waals surface area (Å²) < 4.78 is 5.15. The Morgan fingerprint density at radius 1 is 1.20 bits per heavy atom. The lowest BCUT2D eigenvalue weighted by Gasteiger charge is -2.49. The third kappa shape index (κ3) is 5.26. The fraction of sp³-hybridized carbons (Fsp3) is 0.731. The molecule has 1 fully saturated rings. The monoisotopic (exact) mass is 414 g/mol. The maximum absolute atomic E-state index is 12.8. The Morgan fingerprint density at radius 2 is 1.90 bits per heavy atom. The van der Waals surface area contributed by atoms with Crippen LogP contribution < -0.4 is 0 Å². The SMILES string of the molecule is CCN(C(=O)CCOC)[C@H]1CCC2(CCN(CCC(C)(C)C)CC2)c2ccccc21. The number of benzene rings is 1. The predicted octanol–water partition coefficient (Wildman–Crippen LogP) is 5.18. The van der Waals surface area contributed by atoms with Crippen molar-refractivity contribution in [2.24, 2.45) is 5.41 Å². The zero-order chi connectivity index (χ0) is 21.8. The van der Waals surface area contributed by atoms with Gasteiger partial charge in [-0.25, -0.2) is 0 Å². The molecule has 0 bridgehead atoms. The molecule has 1 aromatic rings. The summed E-state index contributed by atoms with van der Waals surface area (Å²) in [6.45, 7) is 14.0. The molecule has 1 aliphatic heterocycles. The first-order valence-corrected chi connectivity index (χ1v) is 11.9. The van der Waals surface area contributed by atoms with Crippen LogP contribution in [0.15, 0.2) is 24.3 Å². The van der Waals surface area contributed by atoms with Crippen LogP contribution in [0.1, 0.15) is 83.4 Å². The van der Waals surface area contributed by atoms with Crippen molar-refractivity contribution in [1.29, 1.82) is 0 Å². The number of piperidine rings is 1. The summed E-state index contributed by atoms with van der Waals surface area (Å²) in [7, 11) is 1.66. The lowest BCUT2D eigenvalue weighted by molar-refractivity contribution is -0.135. The molecule has 1 saturated heterocycles. The van der Waals surface area contributed by atoms with Crippen molar-refractivity contribution >= 4 is 5.91 Å². The van der Waals surface area contributed by atoms with E-state index in [2.05, 4.69) is 61.8 Å². The number of likely N-dealkylation sites (tertiary alicyclic amines) is 1. The standard InChI is InChI=1S/C26H42N2O2/c1-6-28(24(29)12-20-30-5)23-11-13-26(22-10-8-7-9-21(22)23)15-18-27(19-16-26)17-14-25(2,3)4/h7-10,23H,6,11-20H2,1-5H3/t23-/m0/s1. The number of methoxy groups -OCH3 is 1. The molecule has 1 heterocycles. The number of carbonyl (C=O) groups is 1. The second-order valence-electron chi connectivity index (χ2n) is 10.5. The van der Waals surface area contributed by atoms with Gasteiger partial charge in [0.25, 0.3) is 0 Å². The fourth-order valence-electron chi connectivity index (χ4n) is 5.42. The van der Waals surface area contributed by atoms with Crippen molar-refractivity contribution in [3.8, 4) is 0 Å². The maximum Gasteiger partial charge on any atom is 0.225 e. The van der Waals surface area contributed by atoms with Crippen molar-refractivity contribution in [2.75, 3.05) is 39.9 Å². The highest BCUT2D eigenvalue weighted by molar-refractivity contribution is 5.77. The highest BCUT2D eigenvalue weighted by Crippen LogP contribution is 2.49. The molecule has 0 aromatic heterocycles. The quantitative estimate of drug-likeness (QED) is 0.616. The summed E-state index contributed by atoms with van der Waals surface area (Å²) in [4.78, 5) is 17.6. The normalized spacial score (nSPS) is 21.4. The van der Waals surface area contributed by atoms with Gasteiger partial charge >= 0.3 is 0 Å². The first kappa shape index (κ1) is 23.3. The molecular formula is C26H42N2O2. The Bertz CT molecular complexity index is 701. The Morgan fingerprint density at radius 3 is 2.53 bits per heavy atom. The van der Waals surface area contributed by atoms with Gasteiger partial charge in [0, 0.05) is 13.7 Å². The average molecular weight is 415 g/mol. The molecule has 3 rings (SSSR count). The smallest absolute Gasteiger partial charge is 0.225 e. The fourth-order valence-corrected chi connectivity index (χ4v) is 5.42. The van der Waals surface area contributed by atoms with E-state index >= 15 is 0 Å². The van der Waals surface area contributed by atoms with Gasteiger partial charge in [0.05, 0.1) is 19.1 Å². The molecule has 30 heavy (non-hydrogen) atoms. The minimum absolute atomic E-state index is 0.208. The van der Waals surface area contributed by atoms with Gasteiger partial charge in [0.15, 0.2) is 0 Å². The minimum Gasteiger partial charge on any atom is -0.384 e. The molecule has 1 atom stereocenters. The van der Waals surface area contributed by atoms with Gasteiger partial charge in [-0.1, -0.05) is 45.0 Å². The van der Waals surface area contributed by atoms with E-state index in [0.29, 0.717) is 23.9 Å². The van der Waals surface area contributed by atoms with Gasteiger partial charge in [0.2, 0.25) is 5.91 Å². The summed E-state index contributed by atoms with van der Waals surface area (Å²) in [6.07, 6.45) is 6.47. The van der Waals surface area contributed by atoms with Crippen LogP contribution in [-0.2, 0) is 14.9 Å². The molecule has 0 saturated carbocycles. The van der Waals surface area contributed by atoms with E-state index in [4.69, 9.17) is 4.74 Å². The van der Waals surface area contributed by atoms with Crippen molar-refractivity contribution in [3.05, 3.63) is 35.4 Å². The topological polar surface area (TPSA) is 32.8 Å². The van der Waals surface area contributed by atoms with Gasteiger partial charge in [0.1, 0.15) is 0 Å². The molecule has 0 radical (unpaired) electrons. The highest BCUT2D eigenvalue weighted by Gasteiger charge is 2.43. The Kier molecular flexibility index (Phi) is 7.62. The number of rotatable bonds is 7. The number of hydrogen-bond donors (Lipinski definition) is 0. The van der Waals surface area contributed by atoms with Crippen LogP contribution in [0.3, 0.4) is 0 Å². The van der Waals surface area contributed by atoms with Gasteiger partial charge in [-0.15, -0.1) is 0 Å². The second kappa shape index (κ2) is 9.82. The lowest BCUT2D eigenvalue weighted by Crippen LogP contribution is -2.47. The number of amides is 1. The minimum atomic E-state index is 0.208. The van der Waals surface area contributed by atoms with Crippen LogP contribution in [-0.4, -0.2) is 55.6 Å². The van der Waals surface area contributed by atoms with E-state index in [1.807, 2.05) is 0 Å². The molecular weight excluding hydrogens is 372 g/mol. The molecule has 1 amide bonds. The third-order valence-corrected chi connectivity index (χ3v) is 7.34. The van der Waals surface area contributed by atoms with Crippen molar-refractivity contribution in [2.45, 2.75) is 77.7 Å². The molecule has 4 nitrogen and oxygen atoms in total. The van der Waals surface area contributed by atoms with E-state index in [-0.39, 0.29) is 11.9 Å². The van der Waals surface area contributed by atoms with Crippen LogP contribution in [0.25, 0.3) is 0 Å². The van der Waals surface area contributed by atoms with Gasteiger partial charge in [-0.05, 0) is 80.6 Å². The number of carbonyl (C=O) groups excluding carboxylic acids is 1. The Hall–Kier alpha value is -1.39. The zero-order valence-corrected chi connectivity index (χ0v) is 19.9. The number of fused-ring (bicyclic) bond motifs is 2. The summed E-state index contributed by atoms with van der Waals surface area (Å²) in [6, 6.07) is 9.17. The molecule has 0 unspecified atom stereocenters. The molecule has 1 aliphatic carbocycles. The summed E-state index contributed by atoms with van der Waals surface area (Å²) >= 11 is 0. The zero-order valence-electron chi connectivity index (χ0n) is 19.9. The maximum atomic E-state index is 12.8. The van der Waals surface area contributed by atoms with Crippen LogP contribution in [0.2, 0.25) is 0 Å². The Labute approximate surface area is 184 Å².